The first-order chi connectivity index (χ1) is 13.8. The molecule has 0 fully saturated rings. The number of unbranched alkanes of at least 4 members (excludes halogenated alkanes) is 1. The zero-order valence-corrected chi connectivity index (χ0v) is 20.1. The highest BCUT2D eigenvalue weighted by Crippen LogP contribution is 2.14. The largest absolute Gasteiger partial charge is 0.356 e. The van der Waals surface area contributed by atoms with Gasteiger partial charge in [-0.2, -0.15) is 0 Å². The Balaban J connectivity index is 0.00000300. The van der Waals surface area contributed by atoms with Gasteiger partial charge >= 0.3 is 0 Å². The third-order valence-corrected chi connectivity index (χ3v) is 5.19. The molecule has 0 spiro atoms. The summed E-state index contributed by atoms with van der Waals surface area (Å²) < 4.78 is 2.32. The van der Waals surface area contributed by atoms with E-state index in [1.165, 1.54) is 36.8 Å². The molecule has 6 nitrogen and oxygen atoms in total. The van der Waals surface area contributed by atoms with E-state index in [0.717, 1.165) is 56.5 Å². The van der Waals surface area contributed by atoms with E-state index in [0.29, 0.717) is 6.54 Å². The van der Waals surface area contributed by atoms with Gasteiger partial charge in [-0.1, -0.05) is 49.6 Å². The normalized spacial score (nSPS) is 13.9. The van der Waals surface area contributed by atoms with E-state index in [9.17, 15) is 0 Å². The zero-order chi connectivity index (χ0) is 19.6. The van der Waals surface area contributed by atoms with Gasteiger partial charge in [-0.05, 0) is 31.7 Å². The molecule has 1 aliphatic rings. The molecule has 0 unspecified atom stereocenters. The van der Waals surface area contributed by atoms with Crippen LogP contribution in [-0.4, -0.2) is 33.8 Å². The van der Waals surface area contributed by atoms with Crippen molar-refractivity contribution < 1.29 is 0 Å². The van der Waals surface area contributed by atoms with Crippen LogP contribution in [0.15, 0.2) is 29.3 Å². The summed E-state index contributed by atoms with van der Waals surface area (Å²) in [5, 5.41) is 15.8. The van der Waals surface area contributed by atoms with E-state index in [4.69, 9.17) is 4.99 Å². The van der Waals surface area contributed by atoms with Crippen LogP contribution in [0.25, 0.3) is 0 Å². The van der Waals surface area contributed by atoms with Crippen LogP contribution >= 0.6 is 24.0 Å². The predicted octanol–water partition coefficient (Wildman–Crippen LogP) is 4.01. The lowest BCUT2D eigenvalue weighted by Crippen LogP contribution is -2.39. The van der Waals surface area contributed by atoms with Crippen molar-refractivity contribution in [3.05, 3.63) is 47.0 Å². The average molecular weight is 510 g/mol. The second kappa shape index (κ2) is 12.8. The topological polar surface area (TPSA) is 67.1 Å². The number of nitrogens with one attached hydrogen (secondary N) is 2. The minimum atomic E-state index is 0. The van der Waals surface area contributed by atoms with Crippen molar-refractivity contribution >= 4 is 29.9 Å². The van der Waals surface area contributed by atoms with Crippen molar-refractivity contribution in [3.8, 4) is 0 Å². The molecule has 0 saturated heterocycles. The van der Waals surface area contributed by atoms with E-state index < -0.39 is 0 Å². The van der Waals surface area contributed by atoms with E-state index in [1.807, 2.05) is 0 Å². The van der Waals surface area contributed by atoms with Crippen LogP contribution in [0.1, 0.15) is 61.8 Å². The Labute approximate surface area is 192 Å². The fraction of sp³-hybridized carbons (Fsp3) is 0.591. The van der Waals surface area contributed by atoms with Crippen LogP contribution in [0.4, 0.5) is 0 Å². The van der Waals surface area contributed by atoms with Crippen LogP contribution in [0.5, 0.6) is 0 Å². The summed E-state index contributed by atoms with van der Waals surface area (Å²) in [6.07, 6.45) is 7.99. The van der Waals surface area contributed by atoms with Crippen molar-refractivity contribution in [2.45, 2.75) is 71.9 Å². The van der Waals surface area contributed by atoms with Gasteiger partial charge in [0.05, 0.1) is 6.54 Å². The molecule has 0 bridgehead atoms. The number of aromatic nitrogens is 3. The van der Waals surface area contributed by atoms with Gasteiger partial charge in [-0.15, -0.1) is 34.2 Å². The van der Waals surface area contributed by atoms with Crippen LogP contribution in [0.2, 0.25) is 0 Å². The Morgan fingerprint density at radius 2 is 1.86 bits per heavy atom. The molecular formula is C22H35IN6. The number of aliphatic imine (C=N–C) groups is 1. The van der Waals surface area contributed by atoms with Crippen LogP contribution in [0.3, 0.4) is 0 Å². The Morgan fingerprint density at radius 3 is 2.66 bits per heavy atom. The minimum Gasteiger partial charge on any atom is -0.356 e. The molecule has 1 aliphatic heterocycles. The molecule has 2 aromatic rings. The van der Waals surface area contributed by atoms with Crippen molar-refractivity contribution in [3.63, 3.8) is 0 Å². The molecule has 1 aromatic heterocycles. The Hall–Kier alpha value is -1.64. The number of nitrogens with zero attached hydrogens (tertiary/aromatic N) is 4. The van der Waals surface area contributed by atoms with Gasteiger partial charge in [0.2, 0.25) is 0 Å². The first-order valence-electron chi connectivity index (χ1n) is 10.7. The number of aryl methyl sites for hydroxylation is 2. The number of benzene rings is 1. The van der Waals surface area contributed by atoms with Crippen LogP contribution in [0, 0.1) is 6.92 Å². The van der Waals surface area contributed by atoms with E-state index in [-0.39, 0.29) is 24.0 Å². The molecule has 29 heavy (non-hydrogen) atoms. The quantitative estimate of drug-likeness (QED) is 0.244. The second-order valence-corrected chi connectivity index (χ2v) is 7.60. The van der Waals surface area contributed by atoms with E-state index >= 15 is 0 Å². The summed E-state index contributed by atoms with van der Waals surface area (Å²) >= 11 is 0. The minimum absolute atomic E-state index is 0. The highest BCUT2D eigenvalue weighted by molar-refractivity contribution is 14.0. The number of halogens is 1. The zero-order valence-electron chi connectivity index (χ0n) is 17.8. The second-order valence-electron chi connectivity index (χ2n) is 7.60. The smallest absolute Gasteiger partial charge is 0.191 e. The third kappa shape index (κ3) is 7.60. The first kappa shape index (κ1) is 23.6. The number of fused-ring (bicyclic) bond motifs is 1. The predicted molar refractivity (Wildman–Crippen MR) is 130 cm³/mol. The highest BCUT2D eigenvalue weighted by atomic mass is 127. The van der Waals surface area contributed by atoms with E-state index in [1.54, 1.807) is 0 Å². The maximum absolute atomic E-state index is 4.77. The van der Waals surface area contributed by atoms with Crippen molar-refractivity contribution in [2.24, 2.45) is 4.99 Å². The number of hydrogen-bond acceptors (Lipinski definition) is 3. The Bertz CT molecular complexity index is 753. The maximum Gasteiger partial charge on any atom is 0.191 e. The summed E-state index contributed by atoms with van der Waals surface area (Å²) in [5.74, 6) is 3.13. The van der Waals surface area contributed by atoms with Crippen LogP contribution in [-0.2, 0) is 25.9 Å². The number of rotatable bonds is 8. The van der Waals surface area contributed by atoms with Gasteiger partial charge in [0.25, 0.3) is 0 Å². The van der Waals surface area contributed by atoms with Crippen molar-refractivity contribution in [2.75, 3.05) is 13.1 Å². The van der Waals surface area contributed by atoms with Gasteiger partial charge in [0.1, 0.15) is 11.6 Å². The summed E-state index contributed by atoms with van der Waals surface area (Å²) in [6, 6.07) is 8.57. The van der Waals surface area contributed by atoms with Gasteiger partial charge in [-0.3, -0.25) is 0 Å². The summed E-state index contributed by atoms with van der Waals surface area (Å²) in [6.45, 7) is 7.80. The molecule has 2 N–H and O–H groups in total. The van der Waals surface area contributed by atoms with Gasteiger partial charge < -0.3 is 15.2 Å². The third-order valence-electron chi connectivity index (χ3n) is 5.19. The molecule has 0 aliphatic carbocycles. The first-order valence-corrected chi connectivity index (χ1v) is 10.7. The molecule has 1 aromatic carbocycles. The monoisotopic (exact) mass is 510 g/mol. The molecule has 0 atom stereocenters. The molecule has 7 heteroatoms. The summed E-state index contributed by atoms with van der Waals surface area (Å²) in [5.41, 5.74) is 2.50. The SMILES string of the molecule is CCCCNC(=NCc1ccc(C)cc1)NCCc1nnc2n1CCCCC2.I. The molecule has 2 heterocycles. The molecule has 0 radical (unpaired) electrons. The number of hydrogen-bond donors (Lipinski definition) is 2. The fourth-order valence-corrected chi connectivity index (χ4v) is 3.44. The Kier molecular flexibility index (Phi) is 10.5. The standard InChI is InChI=1S/C22H34N6.HI/c1-3-4-14-23-22(25-17-19-11-9-18(2)10-12-19)24-15-13-21-27-26-20-8-6-5-7-16-28(20)21;/h9-12H,3-8,13-17H2,1-2H3,(H2,23,24,25);1H. The van der Waals surface area contributed by atoms with Crippen molar-refractivity contribution in [1.82, 2.24) is 25.4 Å². The molecule has 0 amide bonds. The highest BCUT2D eigenvalue weighted by Gasteiger charge is 2.14. The summed E-state index contributed by atoms with van der Waals surface area (Å²) in [4.78, 5) is 4.77. The lowest BCUT2D eigenvalue weighted by molar-refractivity contribution is 0.600. The summed E-state index contributed by atoms with van der Waals surface area (Å²) in [7, 11) is 0. The maximum atomic E-state index is 4.77. The lowest BCUT2D eigenvalue weighted by atomic mass is 10.1. The van der Waals surface area contributed by atoms with E-state index in [2.05, 4.69) is 63.5 Å². The van der Waals surface area contributed by atoms with Gasteiger partial charge in [0.15, 0.2) is 5.96 Å². The molecular weight excluding hydrogens is 475 g/mol. The van der Waals surface area contributed by atoms with Gasteiger partial charge in [-0.25, -0.2) is 4.99 Å². The van der Waals surface area contributed by atoms with Gasteiger partial charge in [0, 0.05) is 32.5 Å². The molecule has 0 saturated carbocycles. The molecule has 160 valence electrons. The Morgan fingerprint density at radius 1 is 1.07 bits per heavy atom. The van der Waals surface area contributed by atoms with Crippen molar-refractivity contribution in [1.29, 1.82) is 0 Å². The number of guanidine groups is 1. The molecule has 3 rings (SSSR count). The lowest BCUT2D eigenvalue weighted by Gasteiger charge is -2.13. The van der Waals surface area contributed by atoms with Crippen LogP contribution < -0.4 is 10.6 Å². The fourth-order valence-electron chi connectivity index (χ4n) is 3.44. The average Bonchev–Trinajstić information content (AvgIpc) is 2.93.